The zero-order chi connectivity index (χ0) is 24.4. The lowest BCUT2D eigenvalue weighted by Crippen LogP contribution is -2.26. The first kappa shape index (κ1) is 22.5. The van der Waals surface area contributed by atoms with Crippen LogP contribution in [0.1, 0.15) is 20.0 Å². The molecular weight excluding hydrogens is 466 g/mol. The second-order valence-electron chi connectivity index (χ2n) is 7.70. The Balaban J connectivity index is 1.42. The third-order valence-electron chi connectivity index (χ3n) is 5.50. The van der Waals surface area contributed by atoms with E-state index in [1.807, 2.05) is 30.3 Å². The number of imidazole rings is 1. The Kier molecular flexibility index (Phi) is 6.13. The number of nitrogens with zero attached hydrogens (tertiary/aromatic N) is 4. The minimum Gasteiger partial charge on any atom is -0.443 e. The van der Waals surface area contributed by atoms with E-state index in [1.165, 1.54) is 17.7 Å². The van der Waals surface area contributed by atoms with Crippen LogP contribution >= 0.6 is 11.3 Å². The zero-order valence-corrected chi connectivity index (χ0v) is 19.5. The van der Waals surface area contributed by atoms with Gasteiger partial charge in [0, 0.05) is 24.8 Å². The molecule has 5 rings (SSSR count). The number of oxazole rings is 1. The topological polar surface area (TPSA) is 113 Å². The van der Waals surface area contributed by atoms with Crippen molar-refractivity contribution < 1.29 is 19.1 Å². The van der Waals surface area contributed by atoms with E-state index < -0.39 is 0 Å². The fourth-order valence-corrected chi connectivity index (χ4v) is 4.59. The highest BCUT2D eigenvalue weighted by atomic mass is 32.1. The van der Waals surface area contributed by atoms with Crippen molar-refractivity contribution in [2.24, 2.45) is 0 Å². The average Bonchev–Trinajstić information content (AvgIpc) is 3.64. The van der Waals surface area contributed by atoms with Gasteiger partial charge in [0.2, 0.25) is 5.95 Å². The van der Waals surface area contributed by atoms with Crippen LogP contribution in [0, 0.1) is 0 Å². The maximum absolute atomic E-state index is 12.9. The second kappa shape index (κ2) is 9.53. The van der Waals surface area contributed by atoms with Gasteiger partial charge in [-0.05, 0) is 42.5 Å². The fraction of sp³-hybridized carbons (Fsp3) is 0.120. The molecule has 0 aliphatic heterocycles. The van der Waals surface area contributed by atoms with Crippen LogP contribution in [0.4, 0.5) is 11.6 Å². The molecule has 0 unspecified atom stereocenters. The molecule has 0 saturated heterocycles. The average molecular weight is 488 g/mol. The summed E-state index contributed by atoms with van der Waals surface area (Å²) >= 11 is 1.28. The number of anilines is 2. The Labute approximate surface area is 204 Å². The van der Waals surface area contributed by atoms with Gasteiger partial charge in [0.25, 0.3) is 11.8 Å². The van der Waals surface area contributed by atoms with E-state index in [0.717, 1.165) is 10.4 Å². The number of carbonyl (C=O) groups excluding carboxylic acids is 2. The largest absolute Gasteiger partial charge is 0.443 e. The Bertz CT molecular complexity index is 1490. The zero-order valence-electron chi connectivity index (χ0n) is 18.7. The molecule has 2 amide bonds. The number of carbonyl (C=O) groups is 2. The van der Waals surface area contributed by atoms with Crippen LogP contribution in [0.3, 0.4) is 0 Å². The van der Waals surface area contributed by atoms with Crippen molar-refractivity contribution in [1.82, 2.24) is 14.5 Å². The van der Waals surface area contributed by atoms with E-state index in [-0.39, 0.29) is 25.0 Å². The van der Waals surface area contributed by atoms with Crippen molar-refractivity contribution in [1.29, 1.82) is 0 Å². The lowest BCUT2D eigenvalue weighted by Gasteiger charge is -2.17. The molecule has 0 spiro atoms. The van der Waals surface area contributed by atoms with Crippen LogP contribution in [-0.4, -0.2) is 45.1 Å². The first-order chi connectivity index (χ1) is 17.0. The predicted molar refractivity (Wildman–Crippen MR) is 134 cm³/mol. The summed E-state index contributed by atoms with van der Waals surface area (Å²) in [4.78, 5) is 37.1. The molecular formula is C25H21N5O4S. The van der Waals surface area contributed by atoms with Gasteiger partial charge < -0.3 is 19.0 Å². The minimum absolute atomic E-state index is 0.128. The summed E-state index contributed by atoms with van der Waals surface area (Å²) in [6, 6.07) is 17.9. The molecule has 0 bridgehead atoms. The molecule has 0 atom stereocenters. The third kappa shape index (κ3) is 4.44. The van der Waals surface area contributed by atoms with Gasteiger partial charge in [0.1, 0.15) is 0 Å². The third-order valence-corrected chi connectivity index (χ3v) is 6.60. The fourth-order valence-electron chi connectivity index (χ4n) is 3.73. The smallest absolute Gasteiger partial charge is 0.268 e. The maximum Gasteiger partial charge on any atom is 0.268 e. The van der Waals surface area contributed by atoms with Crippen molar-refractivity contribution >= 4 is 45.8 Å². The predicted octanol–water partition coefficient (Wildman–Crippen LogP) is 4.27. The number of thiophene rings is 1. The molecule has 10 heteroatoms. The van der Waals surface area contributed by atoms with Gasteiger partial charge in [-0.15, -0.1) is 11.3 Å². The van der Waals surface area contributed by atoms with E-state index in [0.29, 0.717) is 33.4 Å². The molecule has 35 heavy (non-hydrogen) atoms. The van der Waals surface area contributed by atoms with Gasteiger partial charge in [-0.2, -0.15) is 0 Å². The molecule has 0 aliphatic rings. The Morgan fingerprint density at radius 1 is 1.14 bits per heavy atom. The molecule has 0 saturated carbocycles. The van der Waals surface area contributed by atoms with Gasteiger partial charge in [0.15, 0.2) is 12.2 Å². The number of nitrogens with one attached hydrogen (secondary N) is 1. The van der Waals surface area contributed by atoms with Crippen LogP contribution in [-0.2, 0) is 6.54 Å². The van der Waals surface area contributed by atoms with Gasteiger partial charge in [-0.3, -0.25) is 14.9 Å². The number of aliphatic hydroxyl groups excluding tert-OH is 1. The Hall–Kier alpha value is -4.28. The standard InChI is InChI=1S/C25H21N5O4S/c1-29(24(33)16-5-3-2-4-6-16)17-7-8-19-18(13-17)27-25(30(19)11-12-31)28-23(32)22-10-9-21(35-22)20-14-26-15-34-20/h2-10,13-15,31H,11-12H2,1H3,(H,27,28,32). The summed E-state index contributed by atoms with van der Waals surface area (Å²) in [5.41, 5.74) is 2.56. The van der Waals surface area contributed by atoms with E-state index in [9.17, 15) is 14.7 Å². The summed E-state index contributed by atoms with van der Waals surface area (Å²) in [5, 5.41) is 12.4. The molecule has 3 aromatic heterocycles. The molecule has 5 aromatic rings. The number of amides is 2. The highest BCUT2D eigenvalue weighted by Gasteiger charge is 2.19. The van der Waals surface area contributed by atoms with Crippen molar-refractivity contribution in [2.45, 2.75) is 6.54 Å². The summed E-state index contributed by atoms with van der Waals surface area (Å²) in [7, 11) is 1.70. The first-order valence-corrected chi connectivity index (χ1v) is 11.6. The van der Waals surface area contributed by atoms with Crippen LogP contribution in [0.25, 0.3) is 21.7 Å². The van der Waals surface area contributed by atoms with E-state index in [2.05, 4.69) is 15.3 Å². The first-order valence-electron chi connectivity index (χ1n) is 10.8. The highest BCUT2D eigenvalue weighted by molar-refractivity contribution is 7.17. The van der Waals surface area contributed by atoms with Crippen LogP contribution < -0.4 is 10.2 Å². The maximum atomic E-state index is 12.9. The number of fused-ring (bicyclic) bond motifs is 1. The summed E-state index contributed by atoms with van der Waals surface area (Å²) < 4.78 is 7.03. The normalized spacial score (nSPS) is 11.0. The number of aromatic nitrogens is 3. The second-order valence-corrected chi connectivity index (χ2v) is 8.78. The van der Waals surface area contributed by atoms with Crippen molar-refractivity contribution in [2.75, 3.05) is 23.9 Å². The van der Waals surface area contributed by atoms with Crippen LogP contribution in [0.5, 0.6) is 0 Å². The Morgan fingerprint density at radius 2 is 1.97 bits per heavy atom. The lowest BCUT2D eigenvalue weighted by atomic mass is 10.2. The molecule has 176 valence electrons. The quantitative estimate of drug-likeness (QED) is 0.354. The monoisotopic (exact) mass is 487 g/mol. The molecule has 2 N–H and O–H groups in total. The molecule has 2 aromatic carbocycles. The molecule has 0 aliphatic carbocycles. The summed E-state index contributed by atoms with van der Waals surface area (Å²) in [5.74, 6) is 0.423. The highest BCUT2D eigenvalue weighted by Crippen LogP contribution is 2.29. The minimum atomic E-state index is -0.327. The summed E-state index contributed by atoms with van der Waals surface area (Å²) in [6.07, 6.45) is 2.93. The van der Waals surface area contributed by atoms with Gasteiger partial charge >= 0.3 is 0 Å². The Morgan fingerprint density at radius 3 is 2.71 bits per heavy atom. The van der Waals surface area contributed by atoms with Crippen molar-refractivity contribution in [3.05, 3.63) is 83.7 Å². The molecule has 0 radical (unpaired) electrons. The van der Waals surface area contributed by atoms with E-state index >= 15 is 0 Å². The number of aliphatic hydroxyl groups is 1. The lowest BCUT2D eigenvalue weighted by molar-refractivity contribution is 0.0991. The van der Waals surface area contributed by atoms with Gasteiger partial charge in [-0.25, -0.2) is 9.97 Å². The molecule has 9 nitrogen and oxygen atoms in total. The van der Waals surface area contributed by atoms with Gasteiger partial charge in [-0.1, -0.05) is 18.2 Å². The number of rotatable bonds is 7. The van der Waals surface area contributed by atoms with Gasteiger partial charge in [0.05, 0.1) is 33.6 Å². The van der Waals surface area contributed by atoms with Crippen molar-refractivity contribution in [3.8, 4) is 10.6 Å². The number of hydrogen-bond acceptors (Lipinski definition) is 7. The van der Waals surface area contributed by atoms with Crippen molar-refractivity contribution in [3.63, 3.8) is 0 Å². The number of hydrogen-bond donors (Lipinski definition) is 2. The van der Waals surface area contributed by atoms with Crippen LogP contribution in [0.15, 0.2) is 77.7 Å². The van der Waals surface area contributed by atoms with Crippen LogP contribution in [0.2, 0.25) is 0 Å². The molecule has 3 heterocycles. The molecule has 0 fully saturated rings. The summed E-state index contributed by atoms with van der Waals surface area (Å²) in [6.45, 7) is 0.120. The SMILES string of the molecule is CN(C(=O)c1ccccc1)c1ccc2c(c1)nc(NC(=O)c1ccc(-c3cnco3)s1)n2CCO. The van der Waals surface area contributed by atoms with E-state index in [1.54, 1.807) is 53.0 Å². The number of benzene rings is 2. The van der Waals surface area contributed by atoms with E-state index in [4.69, 9.17) is 4.42 Å².